The molecule has 5 rings (SSSR count). The first kappa shape index (κ1) is 16.1. The summed E-state index contributed by atoms with van der Waals surface area (Å²) in [6, 6.07) is 8.12. The van der Waals surface area contributed by atoms with E-state index in [1.165, 1.54) is 28.0 Å². The Morgan fingerprint density at radius 3 is 2.96 bits per heavy atom. The third kappa shape index (κ3) is 2.68. The Morgan fingerprint density at radius 2 is 2.12 bits per heavy atom. The highest BCUT2D eigenvalue weighted by atomic mass is 32.1. The van der Waals surface area contributed by atoms with Crippen LogP contribution in [0, 0.1) is 5.92 Å². The van der Waals surface area contributed by atoms with Crippen molar-refractivity contribution in [2.75, 3.05) is 0 Å². The zero-order chi connectivity index (χ0) is 17.7. The van der Waals surface area contributed by atoms with Gasteiger partial charge in [0, 0.05) is 4.88 Å². The van der Waals surface area contributed by atoms with E-state index in [-0.39, 0.29) is 5.56 Å². The van der Waals surface area contributed by atoms with Gasteiger partial charge in [0.25, 0.3) is 5.56 Å². The summed E-state index contributed by atoms with van der Waals surface area (Å²) in [5.41, 5.74) is 2.27. The van der Waals surface area contributed by atoms with E-state index in [2.05, 4.69) is 23.0 Å². The lowest BCUT2D eigenvalue weighted by atomic mass is 9.86. The Morgan fingerprint density at radius 1 is 1.23 bits per heavy atom. The molecule has 4 nitrogen and oxygen atoms in total. The molecule has 0 spiro atoms. The van der Waals surface area contributed by atoms with Crippen LogP contribution in [0.5, 0.6) is 0 Å². The first-order chi connectivity index (χ1) is 12.7. The van der Waals surface area contributed by atoms with Crippen LogP contribution in [0.1, 0.15) is 41.0 Å². The van der Waals surface area contributed by atoms with E-state index in [0.717, 1.165) is 39.5 Å². The molecule has 1 aliphatic carbocycles. The summed E-state index contributed by atoms with van der Waals surface area (Å²) in [6.45, 7) is 2.25. The van der Waals surface area contributed by atoms with Gasteiger partial charge in [-0.1, -0.05) is 25.5 Å². The minimum absolute atomic E-state index is 0.0126. The maximum atomic E-state index is 12.7. The number of hydrogen-bond acceptors (Lipinski definition) is 5. The van der Waals surface area contributed by atoms with Crippen LogP contribution in [0.3, 0.4) is 0 Å². The Bertz CT molecular complexity index is 1140. The van der Waals surface area contributed by atoms with Crippen LogP contribution >= 0.6 is 22.7 Å². The molecule has 0 bridgehead atoms. The molecule has 3 heterocycles. The molecular weight excluding hydrogens is 362 g/mol. The normalized spacial score (nSPS) is 17.0. The van der Waals surface area contributed by atoms with Gasteiger partial charge in [0.2, 0.25) is 0 Å². The molecule has 6 heteroatoms. The second-order valence-corrected chi connectivity index (χ2v) is 9.16. The van der Waals surface area contributed by atoms with Gasteiger partial charge in [-0.25, -0.2) is 9.97 Å². The average molecular weight is 382 g/mol. The number of aryl methyl sites for hydroxylation is 1. The summed E-state index contributed by atoms with van der Waals surface area (Å²) < 4.78 is 1.17. The third-order valence-electron chi connectivity index (χ3n) is 5.30. The van der Waals surface area contributed by atoms with Gasteiger partial charge in [0.05, 0.1) is 22.0 Å². The van der Waals surface area contributed by atoms with Crippen LogP contribution in [0.25, 0.3) is 20.4 Å². The lowest BCUT2D eigenvalue weighted by Gasteiger charge is -2.20. The van der Waals surface area contributed by atoms with Crippen molar-refractivity contribution in [2.24, 2.45) is 5.92 Å². The highest BCUT2D eigenvalue weighted by Crippen LogP contribution is 2.36. The van der Waals surface area contributed by atoms with Crippen molar-refractivity contribution < 1.29 is 0 Å². The van der Waals surface area contributed by atoms with Gasteiger partial charge in [-0.05, 0) is 42.9 Å². The van der Waals surface area contributed by atoms with Crippen LogP contribution < -0.4 is 5.56 Å². The molecule has 0 unspecified atom stereocenters. The predicted octanol–water partition coefficient (Wildman–Crippen LogP) is 4.70. The number of nitrogens with zero attached hydrogens (tertiary/aromatic N) is 2. The number of aromatic amines is 1. The minimum Gasteiger partial charge on any atom is -0.310 e. The largest absolute Gasteiger partial charge is 0.310 e. The molecule has 3 aromatic heterocycles. The van der Waals surface area contributed by atoms with Crippen LogP contribution in [0.15, 0.2) is 29.1 Å². The summed E-state index contributed by atoms with van der Waals surface area (Å²) in [7, 11) is 0. The second kappa shape index (κ2) is 6.28. The molecule has 1 aliphatic rings. The van der Waals surface area contributed by atoms with Crippen LogP contribution in [0.2, 0.25) is 0 Å². The smallest absolute Gasteiger partial charge is 0.259 e. The summed E-state index contributed by atoms with van der Waals surface area (Å²) in [6.07, 6.45) is 5.07. The fourth-order valence-corrected chi connectivity index (χ4v) is 6.19. The maximum Gasteiger partial charge on any atom is 0.259 e. The van der Waals surface area contributed by atoms with E-state index in [0.29, 0.717) is 12.2 Å². The molecule has 1 aromatic carbocycles. The van der Waals surface area contributed by atoms with Crippen molar-refractivity contribution in [3.63, 3.8) is 0 Å². The minimum atomic E-state index is 0.0126. The average Bonchev–Trinajstić information content (AvgIpc) is 3.21. The number of benzene rings is 1. The number of aromatic nitrogens is 3. The van der Waals surface area contributed by atoms with Crippen LogP contribution in [0.4, 0.5) is 0 Å². The number of fused-ring (bicyclic) bond motifs is 4. The van der Waals surface area contributed by atoms with E-state index in [9.17, 15) is 4.79 Å². The number of thiazole rings is 1. The summed E-state index contributed by atoms with van der Waals surface area (Å²) in [5.74, 6) is 1.46. The van der Waals surface area contributed by atoms with Gasteiger partial charge in [-0.15, -0.1) is 22.7 Å². The Balaban J connectivity index is 1.54. The predicted molar refractivity (Wildman–Crippen MR) is 108 cm³/mol. The molecular formula is C20H19N3OS2. The van der Waals surface area contributed by atoms with Crippen molar-refractivity contribution >= 4 is 43.1 Å². The number of hydrogen-bond donors (Lipinski definition) is 1. The maximum absolute atomic E-state index is 12.7. The SMILES string of the molecule is CC[C@@H]1CCc2c(sc3nc(Cc4nc5ccccc5s4)[nH]c(=O)c23)C1. The van der Waals surface area contributed by atoms with Gasteiger partial charge < -0.3 is 4.98 Å². The van der Waals surface area contributed by atoms with E-state index >= 15 is 0 Å². The zero-order valence-electron chi connectivity index (χ0n) is 14.5. The lowest BCUT2D eigenvalue weighted by Crippen LogP contribution is -2.15. The summed E-state index contributed by atoms with van der Waals surface area (Å²) in [5, 5.41) is 1.81. The monoisotopic (exact) mass is 381 g/mol. The van der Waals surface area contributed by atoms with Gasteiger partial charge in [-0.2, -0.15) is 0 Å². The first-order valence-electron chi connectivity index (χ1n) is 9.09. The Hall–Kier alpha value is -2.05. The third-order valence-corrected chi connectivity index (χ3v) is 7.49. The topological polar surface area (TPSA) is 58.6 Å². The van der Waals surface area contributed by atoms with E-state index in [1.807, 2.05) is 18.2 Å². The summed E-state index contributed by atoms with van der Waals surface area (Å²) >= 11 is 3.38. The number of H-pyrrole nitrogens is 1. The number of thiophene rings is 1. The van der Waals surface area contributed by atoms with Crippen molar-refractivity contribution in [3.8, 4) is 0 Å². The fourth-order valence-electron chi connectivity index (χ4n) is 3.87. The molecule has 132 valence electrons. The molecule has 0 fully saturated rings. The van der Waals surface area contributed by atoms with Crippen molar-refractivity contribution in [1.29, 1.82) is 0 Å². The quantitative estimate of drug-likeness (QED) is 0.559. The molecule has 0 saturated heterocycles. The van der Waals surface area contributed by atoms with Gasteiger partial charge in [0.15, 0.2) is 0 Å². The van der Waals surface area contributed by atoms with Gasteiger partial charge in [-0.3, -0.25) is 4.79 Å². The first-order valence-corrected chi connectivity index (χ1v) is 10.7. The highest BCUT2D eigenvalue weighted by molar-refractivity contribution is 7.19. The van der Waals surface area contributed by atoms with E-state index < -0.39 is 0 Å². The Kier molecular flexibility index (Phi) is 3.90. The molecule has 4 aromatic rings. The van der Waals surface area contributed by atoms with Crippen molar-refractivity contribution in [1.82, 2.24) is 15.0 Å². The van der Waals surface area contributed by atoms with Gasteiger partial charge >= 0.3 is 0 Å². The molecule has 0 aliphatic heterocycles. The standard InChI is InChI=1S/C20H19N3OS2/c1-2-11-7-8-12-15(9-11)26-20-18(12)19(24)22-16(23-20)10-17-21-13-5-3-4-6-14(13)25-17/h3-6,11H,2,7-10H2,1H3,(H,22,23,24)/t11-/m1/s1. The zero-order valence-corrected chi connectivity index (χ0v) is 16.2. The van der Waals surface area contributed by atoms with Crippen LogP contribution in [-0.2, 0) is 19.3 Å². The molecule has 26 heavy (non-hydrogen) atoms. The Labute approximate surface area is 159 Å². The second-order valence-electron chi connectivity index (χ2n) is 6.97. The van der Waals surface area contributed by atoms with E-state index in [1.54, 1.807) is 22.7 Å². The molecule has 1 atom stereocenters. The lowest BCUT2D eigenvalue weighted by molar-refractivity contribution is 0.451. The van der Waals surface area contributed by atoms with Crippen molar-refractivity contribution in [2.45, 2.75) is 39.0 Å². The highest BCUT2D eigenvalue weighted by Gasteiger charge is 2.24. The van der Waals surface area contributed by atoms with Crippen molar-refractivity contribution in [3.05, 3.63) is 55.9 Å². The molecule has 0 saturated carbocycles. The summed E-state index contributed by atoms with van der Waals surface area (Å²) in [4.78, 5) is 27.5. The van der Waals surface area contributed by atoms with Crippen LogP contribution in [-0.4, -0.2) is 15.0 Å². The number of nitrogens with one attached hydrogen (secondary N) is 1. The molecule has 0 amide bonds. The number of rotatable bonds is 3. The molecule has 0 radical (unpaired) electrons. The number of para-hydroxylation sites is 1. The van der Waals surface area contributed by atoms with E-state index in [4.69, 9.17) is 4.98 Å². The molecule has 1 N–H and O–H groups in total. The fraction of sp³-hybridized carbons (Fsp3) is 0.350. The van der Waals surface area contributed by atoms with Gasteiger partial charge in [0.1, 0.15) is 15.7 Å².